The van der Waals surface area contributed by atoms with E-state index in [9.17, 15) is 9.59 Å². The molecule has 0 bridgehead atoms. The van der Waals surface area contributed by atoms with E-state index in [1.165, 1.54) is 4.57 Å². The van der Waals surface area contributed by atoms with Crippen LogP contribution in [0.15, 0.2) is 17.2 Å². The number of carboxylic acid groups (broad SMARTS) is 1. The van der Waals surface area contributed by atoms with E-state index in [0.717, 1.165) is 19.3 Å². The molecule has 0 amide bonds. The maximum Gasteiger partial charge on any atom is 0.303 e. The summed E-state index contributed by atoms with van der Waals surface area (Å²) in [4.78, 5) is 25.8. The predicted octanol–water partition coefficient (Wildman–Crippen LogP) is 1.23. The Hall–Kier alpha value is -1.85. The van der Waals surface area contributed by atoms with Crippen LogP contribution in [0.1, 0.15) is 32.1 Å². The molecule has 2 N–H and O–H groups in total. The van der Waals surface area contributed by atoms with E-state index in [0.29, 0.717) is 18.8 Å². The van der Waals surface area contributed by atoms with E-state index in [2.05, 4.69) is 10.3 Å². The molecule has 100 valence electrons. The molecular weight excluding hydrogens is 234 g/mol. The topological polar surface area (TPSA) is 84.2 Å². The molecule has 0 unspecified atom stereocenters. The fourth-order valence-electron chi connectivity index (χ4n) is 1.58. The van der Waals surface area contributed by atoms with Gasteiger partial charge in [-0.25, -0.2) is 4.98 Å². The van der Waals surface area contributed by atoms with Gasteiger partial charge >= 0.3 is 5.97 Å². The van der Waals surface area contributed by atoms with Gasteiger partial charge in [-0.3, -0.25) is 9.59 Å². The molecule has 1 aromatic rings. The minimum Gasteiger partial charge on any atom is -0.481 e. The Morgan fingerprint density at radius 3 is 2.83 bits per heavy atom. The molecule has 1 rings (SSSR count). The van der Waals surface area contributed by atoms with Gasteiger partial charge < -0.3 is 15.0 Å². The second-order valence-corrected chi connectivity index (χ2v) is 4.18. The van der Waals surface area contributed by atoms with Crippen molar-refractivity contribution in [1.29, 1.82) is 0 Å². The van der Waals surface area contributed by atoms with Gasteiger partial charge in [0.1, 0.15) is 0 Å². The lowest BCUT2D eigenvalue weighted by Crippen LogP contribution is -2.22. The minimum absolute atomic E-state index is 0.136. The molecule has 0 aliphatic carbocycles. The quantitative estimate of drug-likeness (QED) is 0.681. The first-order valence-electron chi connectivity index (χ1n) is 6.08. The third-order valence-electron chi connectivity index (χ3n) is 2.63. The highest BCUT2D eigenvalue weighted by atomic mass is 16.4. The summed E-state index contributed by atoms with van der Waals surface area (Å²) in [5.74, 6) is -0.379. The third kappa shape index (κ3) is 4.99. The predicted molar refractivity (Wildman–Crippen MR) is 68.7 cm³/mol. The fourth-order valence-corrected chi connectivity index (χ4v) is 1.58. The first-order chi connectivity index (χ1) is 8.61. The first-order valence-corrected chi connectivity index (χ1v) is 6.08. The summed E-state index contributed by atoms with van der Waals surface area (Å²) in [6.07, 6.45) is 6.88. The lowest BCUT2D eigenvalue weighted by atomic mass is 10.1. The van der Waals surface area contributed by atoms with E-state index in [1.54, 1.807) is 19.4 Å². The third-order valence-corrected chi connectivity index (χ3v) is 2.63. The summed E-state index contributed by atoms with van der Waals surface area (Å²) in [5, 5.41) is 11.5. The molecule has 0 aromatic carbocycles. The van der Waals surface area contributed by atoms with E-state index in [4.69, 9.17) is 5.11 Å². The van der Waals surface area contributed by atoms with Crippen LogP contribution in [0, 0.1) is 0 Å². The van der Waals surface area contributed by atoms with Gasteiger partial charge in [0, 0.05) is 32.4 Å². The van der Waals surface area contributed by atoms with Crippen LogP contribution in [0.4, 0.5) is 5.82 Å². The van der Waals surface area contributed by atoms with Gasteiger partial charge in [0.25, 0.3) is 5.56 Å². The zero-order chi connectivity index (χ0) is 13.4. The Morgan fingerprint density at radius 2 is 2.11 bits per heavy atom. The van der Waals surface area contributed by atoms with Crippen LogP contribution < -0.4 is 10.9 Å². The maximum absolute atomic E-state index is 11.6. The lowest BCUT2D eigenvalue weighted by Gasteiger charge is -2.05. The Morgan fingerprint density at radius 1 is 1.39 bits per heavy atom. The van der Waals surface area contributed by atoms with Crippen LogP contribution in [0.3, 0.4) is 0 Å². The summed E-state index contributed by atoms with van der Waals surface area (Å²) in [6, 6.07) is 0. The normalized spacial score (nSPS) is 10.3. The molecule has 0 saturated carbocycles. The molecule has 0 atom stereocenters. The number of anilines is 1. The zero-order valence-electron chi connectivity index (χ0n) is 10.6. The monoisotopic (exact) mass is 253 g/mol. The van der Waals surface area contributed by atoms with Crippen molar-refractivity contribution in [1.82, 2.24) is 9.55 Å². The molecule has 0 spiro atoms. The van der Waals surface area contributed by atoms with Crippen molar-refractivity contribution < 1.29 is 9.90 Å². The van der Waals surface area contributed by atoms with Crippen molar-refractivity contribution in [3.8, 4) is 0 Å². The molecular formula is C12H19N3O3. The van der Waals surface area contributed by atoms with E-state index in [1.807, 2.05) is 0 Å². The number of nitrogens with zero attached hydrogens (tertiary/aromatic N) is 2. The number of hydrogen-bond donors (Lipinski definition) is 2. The average Bonchev–Trinajstić information content (AvgIpc) is 2.32. The lowest BCUT2D eigenvalue weighted by molar-refractivity contribution is -0.137. The smallest absolute Gasteiger partial charge is 0.303 e. The summed E-state index contributed by atoms with van der Waals surface area (Å²) >= 11 is 0. The van der Waals surface area contributed by atoms with Gasteiger partial charge in [-0.1, -0.05) is 12.8 Å². The van der Waals surface area contributed by atoms with Crippen molar-refractivity contribution in [2.24, 2.45) is 7.05 Å². The van der Waals surface area contributed by atoms with Crippen LogP contribution in [0.2, 0.25) is 0 Å². The highest BCUT2D eigenvalue weighted by Gasteiger charge is 2.01. The second-order valence-electron chi connectivity index (χ2n) is 4.18. The SMILES string of the molecule is Cn1ccnc(NCCCCCCC(=O)O)c1=O. The summed E-state index contributed by atoms with van der Waals surface area (Å²) in [6.45, 7) is 0.680. The molecule has 1 heterocycles. The zero-order valence-corrected chi connectivity index (χ0v) is 10.6. The van der Waals surface area contributed by atoms with Crippen LogP contribution in [-0.2, 0) is 11.8 Å². The van der Waals surface area contributed by atoms with Crippen molar-refractivity contribution in [3.05, 3.63) is 22.7 Å². The fraction of sp³-hybridized carbons (Fsp3) is 0.583. The Labute approximate surface area is 106 Å². The number of aromatic nitrogens is 2. The minimum atomic E-state index is -0.745. The van der Waals surface area contributed by atoms with Crippen molar-refractivity contribution in [3.63, 3.8) is 0 Å². The molecule has 0 fully saturated rings. The summed E-state index contributed by atoms with van der Waals surface area (Å²) in [5.41, 5.74) is -0.136. The van der Waals surface area contributed by atoms with Crippen molar-refractivity contribution in [2.45, 2.75) is 32.1 Å². The van der Waals surface area contributed by atoms with Crippen molar-refractivity contribution in [2.75, 3.05) is 11.9 Å². The molecule has 6 heteroatoms. The van der Waals surface area contributed by atoms with Gasteiger partial charge in [0.05, 0.1) is 0 Å². The van der Waals surface area contributed by atoms with E-state index < -0.39 is 5.97 Å². The van der Waals surface area contributed by atoms with Crippen LogP contribution in [-0.4, -0.2) is 27.2 Å². The first kappa shape index (κ1) is 14.2. The van der Waals surface area contributed by atoms with Gasteiger partial charge in [0.2, 0.25) is 0 Å². The Kier molecular flexibility index (Phi) is 5.90. The number of unbranched alkanes of at least 4 members (excludes halogenated alkanes) is 3. The van der Waals surface area contributed by atoms with E-state index in [-0.39, 0.29) is 12.0 Å². The standard InChI is InChI=1S/C12H19N3O3/c1-15-9-8-14-11(12(15)18)13-7-5-3-2-4-6-10(16)17/h8-9H,2-7H2,1H3,(H,13,14)(H,16,17). The number of carbonyl (C=O) groups is 1. The number of nitrogens with one attached hydrogen (secondary N) is 1. The Bertz CT molecular complexity index is 442. The number of aliphatic carboxylic acids is 1. The van der Waals surface area contributed by atoms with Gasteiger partial charge in [-0.2, -0.15) is 0 Å². The molecule has 18 heavy (non-hydrogen) atoms. The Balaban J connectivity index is 2.16. The van der Waals surface area contributed by atoms with Crippen LogP contribution >= 0.6 is 0 Å². The maximum atomic E-state index is 11.6. The second kappa shape index (κ2) is 7.47. The molecule has 0 saturated heterocycles. The highest BCUT2D eigenvalue weighted by Crippen LogP contribution is 2.03. The number of hydrogen-bond acceptors (Lipinski definition) is 4. The average molecular weight is 253 g/mol. The number of aryl methyl sites for hydroxylation is 1. The van der Waals surface area contributed by atoms with Gasteiger partial charge in [-0.05, 0) is 12.8 Å². The van der Waals surface area contributed by atoms with Crippen LogP contribution in [0.25, 0.3) is 0 Å². The summed E-state index contributed by atoms with van der Waals surface area (Å²) < 4.78 is 1.47. The van der Waals surface area contributed by atoms with E-state index >= 15 is 0 Å². The highest BCUT2D eigenvalue weighted by molar-refractivity contribution is 5.66. The number of rotatable bonds is 8. The molecule has 1 aromatic heterocycles. The van der Waals surface area contributed by atoms with Gasteiger partial charge in [0.15, 0.2) is 5.82 Å². The van der Waals surface area contributed by atoms with Crippen molar-refractivity contribution >= 4 is 11.8 Å². The molecule has 0 aliphatic heterocycles. The molecule has 0 aliphatic rings. The van der Waals surface area contributed by atoms with Gasteiger partial charge in [-0.15, -0.1) is 0 Å². The summed E-state index contributed by atoms with van der Waals surface area (Å²) in [7, 11) is 1.68. The number of carboxylic acids is 1. The van der Waals surface area contributed by atoms with Crippen LogP contribution in [0.5, 0.6) is 0 Å². The molecule has 6 nitrogen and oxygen atoms in total. The largest absolute Gasteiger partial charge is 0.481 e. The molecule has 0 radical (unpaired) electrons.